The van der Waals surface area contributed by atoms with Crippen LogP contribution in [0, 0.1) is 5.92 Å². The normalized spacial score (nSPS) is 24.4. The number of amides is 1. The molecule has 2 rings (SSSR count). The Bertz CT molecular complexity index is 475. The fourth-order valence-electron chi connectivity index (χ4n) is 2.79. The number of likely N-dealkylation sites (tertiary alicyclic amines) is 1. The first-order valence-corrected chi connectivity index (χ1v) is 7.20. The number of methoxy groups -OCH3 is 1. The molecule has 0 radical (unpaired) electrons. The molecule has 1 aliphatic rings. The zero-order valence-electron chi connectivity index (χ0n) is 12.5. The van der Waals surface area contributed by atoms with E-state index in [9.17, 15) is 4.79 Å². The van der Waals surface area contributed by atoms with Gasteiger partial charge in [0.2, 0.25) is 5.91 Å². The Hall–Kier alpha value is -1.55. The van der Waals surface area contributed by atoms with Gasteiger partial charge in [0, 0.05) is 25.9 Å². The van der Waals surface area contributed by atoms with E-state index in [1.165, 1.54) is 0 Å². The van der Waals surface area contributed by atoms with Crippen molar-refractivity contribution in [2.45, 2.75) is 32.3 Å². The molecule has 3 unspecified atom stereocenters. The van der Waals surface area contributed by atoms with Crippen LogP contribution >= 0.6 is 0 Å². The molecule has 1 aromatic carbocycles. The number of piperidine rings is 1. The largest absolute Gasteiger partial charge is 0.399 e. The lowest BCUT2D eigenvalue weighted by molar-refractivity contribution is -0.137. The van der Waals surface area contributed by atoms with Gasteiger partial charge in [0.15, 0.2) is 0 Å². The van der Waals surface area contributed by atoms with E-state index in [2.05, 4.69) is 6.92 Å². The molecule has 0 spiro atoms. The highest BCUT2D eigenvalue weighted by Crippen LogP contribution is 2.25. The lowest BCUT2D eigenvalue weighted by Gasteiger charge is -2.37. The molecule has 20 heavy (non-hydrogen) atoms. The molecule has 1 aliphatic heterocycles. The second-order valence-electron chi connectivity index (χ2n) is 5.72. The average molecular weight is 276 g/mol. The van der Waals surface area contributed by atoms with Crippen molar-refractivity contribution in [3.8, 4) is 0 Å². The SMILES string of the molecule is COC1CN(C(=O)C(C)c2cccc(N)c2)CCC1C. The number of nitrogens with two attached hydrogens (primary N) is 1. The van der Waals surface area contributed by atoms with Crippen molar-refractivity contribution in [3.63, 3.8) is 0 Å². The summed E-state index contributed by atoms with van der Waals surface area (Å²) in [6.07, 6.45) is 1.13. The Morgan fingerprint density at radius 3 is 2.90 bits per heavy atom. The third-order valence-corrected chi connectivity index (χ3v) is 4.28. The Morgan fingerprint density at radius 1 is 1.50 bits per heavy atom. The predicted molar refractivity (Wildman–Crippen MR) is 80.4 cm³/mol. The molecule has 4 nitrogen and oxygen atoms in total. The van der Waals surface area contributed by atoms with Gasteiger partial charge in [-0.1, -0.05) is 19.1 Å². The van der Waals surface area contributed by atoms with Gasteiger partial charge in [-0.2, -0.15) is 0 Å². The van der Waals surface area contributed by atoms with Gasteiger partial charge in [0.25, 0.3) is 0 Å². The topological polar surface area (TPSA) is 55.6 Å². The molecule has 0 aliphatic carbocycles. The maximum absolute atomic E-state index is 12.6. The summed E-state index contributed by atoms with van der Waals surface area (Å²) in [5.41, 5.74) is 7.46. The highest BCUT2D eigenvalue weighted by atomic mass is 16.5. The van der Waals surface area contributed by atoms with E-state index in [1.54, 1.807) is 7.11 Å². The summed E-state index contributed by atoms with van der Waals surface area (Å²) in [6.45, 7) is 5.62. The van der Waals surface area contributed by atoms with Gasteiger partial charge in [-0.15, -0.1) is 0 Å². The Labute approximate surface area is 120 Å². The van der Waals surface area contributed by atoms with Crippen molar-refractivity contribution in [2.75, 3.05) is 25.9 Å². The number of benzene rings is 1. The van der Waals surface area contributed by atoms with Crippen LogP contribution in [-0.2, 0) is 9.53 Å². The fourth-order valence-corrected chi connectivity index (χ4v) is 2.79. The van der Waals surface area contributed by atoms with E-state index in [0.717, 1.165) is 18.5 Å². The first-order valence-electron chi connectivity index (χ1n) is 7.20. The molecule has 1 saturated heterocycles. The van der Waals surface area contributed by atoms with Crippen LogP contribution in [0.25, 0.3) is 0 Å². The maximum atomic E-state index is 12.6. The van der Waals surface area contributed by atoms with Gasteiger partial charge in [0.1, 0.15) is 0 Å². The van der Waals surface area contributed by atoms with Crippen molar-refractivity contribution in [1.82, 2.24) is 4.90 Å². The Kier molecular flexibility index (Phi) is 4.65. The van der Waals surface area contributed by atoms with E-state index in [4.69, 9.17) is 10.5 Å². The third kappa shape index (κ3) is 3.12. The van der Waals surface area contributed by atoms with Gasteiger partial charge in [-0.25, -0.2) is 0 Å². The number of carbonyl (C=O) groups excluding carboxylic acids is 1. The summed E-state index contributed by atoms with van der Waals surface area (Å²) in [4.78, 5) is 14.5. The summed E-state index contributed by atoms with van der Waals surface area (Å²) in [5, 5.41) is 0. The number of carbonyl (C=O) groups is 1. The van der Waals surface area contributed by atoms with Gasteiger partial charge < -0.3 is 15.4 Å². The Morgan fingerprint density at radius 2 is 2.25 bits per heavy atom. The molecule has 1 amide bonds. The molecule has 3 atom stereocenters. The van der Waals surface area contributed by atoms with Crippen LogP contribution in [0.15, 0.2) is 24.3 Å². The van der Waals surface area contributed by atoms with Crippen LogP contribution in [0.1, 0.15) is 31.7 Å². The zero-order chi connectivity index (χ0) is 14.7. The minimum atomic E-state index is -0.163. The molecule has 0 bridgehead atoms. The number of ether oxygens (including phenoxy) is 1. The molecule has 1 fully saturated rings. The van der Waals surface area contributed by atoms with Crippen molar-refractivity contribution in [1.29, 1.82) is 0 Å². The monoisotopic (exact) mass is 276 g/mol. The first-order chi connectivity index (χ1) is 9.52. The standard InChI is InChI=1S/C16H24N2O2/c1-11-7-8-18(10-15(11)20-3)16(19)12(2)13-5-4-6-14(17)9-13/h4-6,9,11-12,15H,7-8,10,17H2,1-3H3. The van der Waals surface area contributed by atoms with Gasteiger partial charge in [0.05, 0.1) is 12.0 Å². The van der Waals surface area contributed by atoms with Gasteiger partial charge in [-0.3, -0.25) is 4.79 Å². The van der Waals surface area contributed by atoms with Crippen LogP contribution in [0.3, 0.4) is 0 Å². The van der Waals surface area contributed by atoms with Crippen LogP contribution in [0.2, 0.25) is 0 Å². The third-order valence-electron chi connectivity index (χ3n) is 4.28. The lowest BCUT2D eigenvalue weighted by Crippen LogP contribution is -2.47. The molecule has 4 heteroatoms. The molecule has 1 aromatic rings. The van der Waals surface area contributed by atoms with Crippen molar-refractivity contribution in [2.24, 2.45) is 5.92 Å². The molecule has 0 aromatic heterocycles. The molecule has 1 heterocycles. The van der Waals surface area contributed by atoms with Crippen molar-refractivity contribution >= 4 is 11.6 Å². The second-order valence-corrected chi connectivity index (χ2v) is 5.72. The summed E-state index contributed by atoms with van der Waals surface area (Å²) in [6, 6.07) is 7.57. The van der Waals surface area contributed by atoms with Gasteiger partial charge >= 0.3 is 0 Å². The highest BCUT2D eigenvalue weighted by molar-refractivity contribution is 5.83. The summed E-state index contributed by atoms with van der Waals surface area (Å²) in [5.74, 6) is 0.501. The highest BCUT2D eigenvalue weighted by Gasteiger charge is 2.31. The Balaban J connectivity index is 2.07. The van der Waals surface area contributed by atoms with Crippen molar-refractivity contribution < 1.29 is 9.53 Å². The zero-order valence-corrected chi connectivity index (χ0v) is 12.5. The average Bonchev–Trinajstić information content (AvgIpc) is 2.46. The maximum Gasteiger partial charge on any atom is 0.229 e. The molecule has 110 valence electrons. The number of anilines is 1. The van der Waals surface area contributed by atoms with Crippen molar-refractivity contribution in [3.05, 3.63) is 29.8 Å². The minimum absolute atomic E-state index is 0.140. The summed E-state index contributed by atoms with van der Waals surface area (Å²) >= 11 is 0. The summed E-state index contributed by atoms with van der Waals surface area (Å²) in [7, 11) is 1.72. The fraction of sp³-hybridized carbons (Fsp3) is 0.562. The molecular weight excluding hydrogens is 252 g/mol. The molecular formula is C16H24N2O2. The summed E-state index contributed by atoms with van der Waals surface area (Å²) < 4.78 is 5.47. The van der Waals surface area contributed by atoms with Crippen LogP contribution < -0.4 is 5.73 Å². The van der Waals surface area contributed by atoms with E-state index >= 15 is 0 Å². The first kappa shape index (κ1) is 14.9. The number of hydrogen-bond acceptors (Lipinski definition) is 3. The lowest BCUT2D eigenvalue weighted by atomic mass is 9.93. The van der Waals surface area contributed by atoms with Crippen LogP contribution in [0.5, 0.6) is 0 Å². The second kappa shape index (κ2) is 6.27. The molecule has 2 N–H and O–H groups in total. The minimum Gasteiger partial charge on any atom is -0.399 e. The smallest absolute Gasteiger partial charge is 0.229 e. The number of nitrogen functional groups attached to an aromatic ring is 1. The van der Waals surface area contributed by atoms with E-state index in [0.29, 0.717) is 18.2 Å². The number of rotatable bonds is 3. The number of nitrogens with zero attached hydrogens (tertiary/aromatic N) is 1. The van der Waals surface area contributed by atoms with E-state index in [1.807, 2.05) is 36.1 Å². The van der Waals surface area contributed by atoms with Gasteiger partial charge in [-0.05, 0) is 37.0 Å². The van der Waals surface area contributed by atoms with Crippen LogP contribution in [0.4, 0.5) is 5.69 Å². The predicted octanol–water partition coefficient (Wildman–Crippen LogP) is 2.26. The van der Waals surface area contributed by atoms with E-state index in [-0.39, 0.29) is 17.9 Å². The number of hydrogen-bond donors (Lipinski definition) is 1. The molecule has 0 saturated carbocycles. The quantitative estimate of drug-likeness (QED) is 0.862. The van der Waals surface area contributed by atoms with E-state index < -0.39 is 0 Å². The van der Waals surface area contributed by atoms with Crippen LogP contribution in [-0.4, -0.2) is 37.1 Å².